The van der Waals surface area contributed by atoms with E-state index in [2.05, 4.69) is 17.6 Å². The molecule has 1 amide bonds. The number of quaternary nitrogens is 1. The maximum absolute atomic E-state index is 12.9. The van der Waals surface area contributed by atoms with E-state index in [1.54, 1.807) is 6.08 Å². The average molecular weight is 874 g/mol. The van der Waals surface area contributed by atoms with Gasteiger partial charge in [-0.05, 0) is 25.7 Å². The number of nitrogens with zero attached hydrogens (tertiary/aromatic N) is 4. The first-order valence-corrected chi connectivity index (χ1v) is 23.4. The third kappa shape index (κ3) is 26.6. The molecule has 3 atom stereocenters. The number of anilines is 1. The summed E-state index contributed by atoms with van der Waals surface area (Å²) in [5, 5.41) is 50.4. The lowest BCUT2D eigenvalue weighted by Crippen LogP contribution is -2.45. The monoisotopic (exact) mass is 874 g/mol. The van der Waals surface area contributed by atoms with Crippen molar-refractivity contribution >= 4 is 36.5 Å². The summed E-state index contributed by atoms with van der Waals surface area (Å²) in [6, 6.07) is 0.935. The maximum atomic E-state index is 12.9. The average Bonchev–Trinajstić information content (AvgIpc) is 3.17. The molecule has 0 saturated heterocycles. The van der Waals surface area contributed by atoms with Crippen LogP contribution in [0.15, 0.2) is 24.3 Å². The summed E-state index contributed by atoms with van der Waals surface area (Å²) >= 11 is 0. The minimum absolute atomic E-state index is 0.00533. The van der Waals surface area contributed by atoms with Crippen molar-refractivity contribution in [3.63, 3.8) is 0 Å². The zero-order chi connectivity index (χ0) is 44.8. The van der Waals surface area contributed by atoms with Crippen molar-refractivity contribution in [3.05, 3.63) is 54.6 Å². The molecular formula is C41H74N6O12P+. The number of phosphoric ester groups is 1. The van der Waals surface area contributed by atoms with Gasteiger partial charge in [0.1, 0.15) is 13.2 Å². The number of nitrogens with one attached hydrogen (secondary N) is 2. The van der Waals surface area contributed by atoms with Gasteiger partial charge < -0.3 is 25.1 Å². The summed E-state index contributed by atoms with van der Waals surface area (Å²) in [7, 11) is 1.37. The topological polar surface area (TPSA) is 247 Å². The highest BCUT2D eigenvalue weighted by molar-refractivity contribution is 7.47. The summed E-state index contributed by atoms with van der Waals surface area (Å²) in [6.07, 6.45) is 24.9. The van der Waals surface area contributed by atoms with Crippen LogP contribution in [0.2, 0.25) is 0 Å². The summed E-state index contributed by atoms with van der Waals surface area (Å²) in [4.78, 5) is 53.8. The molecule has 1 aromatic carbocycles. The van der Waals surface area contributed by atoms with Crippen LogP contribution in [0.4, 0.5) is 22.7 Å². The molecule has 1 unspecified atom stereocenters. The smallest absolute Gasteiger partial charge is 0.387 e. The molecule has 1 aromatic rings. The molecule has 0 radical (unpaired) electrons. The third-order valence-electron chi connectivity index (χ3n) is 10.1. The van der Waals surface area contributed by atoms with E-state index in [4.69, 9.17) is 9.05 Å². The Morgan fingerprint density at radius 2 is 1.25 bits per heavy atom. The van der Waals surface area contributed by atoms with Gasteiger partial charge >= 0.3 is 24.9 Å². The van der Waals surface area contributed by atoms with Gasteiger partial charge in [0, 0.05) is 30.8 Å². The molecule has 0 bridgehead atoms. The van der Waals surface area contributed by atoms with Crippen LogP contribution in [0.25, 0.3) is 0 Å². The molecule has 0 spiro atoms. The van der Waals surface area contributed by atoms with Crippen LogP contribution in [0.3, 0.4) is 0 Å². The van der Waals surface area contributed by atoms with Crippen molar-refractivity contribution < 1.29 is 47.7 Å². The number of nitro groups is 3. The molecule has 18 nitrogen and oxygen atoms in total. The summed E-state index contributed by atoms with van der Waals surface area (Å²) < 4.78 is 23.4. The minimum atomic E-state index is -4.41. The van der Waals surface area contributed by atoms with Crippen LogP contribution in [0, 0.1) is 30.3 Å². The molecular weight excluding hydrogens is 799 g/mol. The third-order valence-corrected chi connectivity index (χ3v) is 11.0. The standard InChI is InChI=1S/C41H73N6O12P/c1-5-6-7-8-9-10-11-12-13-15-18-21-24-27-39(48)36(34-59-60(56,57)58-31-30-47(2,3)4)43-40(49)28-25-22-19-16-14-17-20-23-26-29-42-35-32-37(44(50)51)41(46(54)55)38(33-35)45(52)53/h24,27,32-33,36,39,42,48H,5-23,25-26,28-31,34H2,1-4H3,(H-,43,49,56,57)/p+1/b27-24+/t36-,39+/m1/s1. The fraction of sp³-hybridized carbons (Fsp3) is 0.780. The van der Waals surface area contributed by atoms with Gasteiger partial charge in [0.05, 0.1) is 54.7 Å². The Bertz CT molecular complexity index is 1460. The van der Waals surface area contributed by atoms with Crippen LogP contribution in [-0.2, 0) is 18.4 Å². The predicted octanol–water partition coefficient (Wildman–Crippen LogP) is 9.67. The molecule has 19 heteroatoms. The lowest BCUT2D eigenvalue weighted by atomic mass is 10.0. The fourth-order valence-electron chi connectivity index (χ4n) is 6.49. The first kappa shape index (κ1) is 54.5. The van der Waals surface area contributed by atoms with Gasteiger partial charge in [-0.25, -0.2) is 4.57 Å². The predicted molar refractivity (Wildman–Crippen MR) is 234 cm³/mol. The number of benzene rings is 1. The van der Waals surface area contributed by atoms with Gasteiger partial charge in [-0.15, -0.1) is 0 Å². The number of nitro benzene ring substituents is 3. The molecule has 0 fully saturated rings. The first-order chi connectivity index (χ1) is 28.5. The summed E-state index contributed by atoms with van der Waals surface area (Å²) in [5.74, 6) is -0.285. The van der Waals surface area contributed by atoms with Crippen LogP contribution in [0.1, 0.15) is 148 Å². The largest absolute Gasteiger partial charge is 0.472 e. The zero-order valence-electron chi connectivity index (χ0n) is 36.6. The quantitative estimate of drug-likeness (QED) is 0.0121. The highest BCUT2D eigenvalue weighted by Gasteiger charge is 2.37. The van der Waals surface area contributed by atoms with Gasteiger partial charge in [-0.3, -0.25) is 44.2 Å². The van der Waals surface area contributed by atoms with E-state index in [-0.39, 0.29) is 24.6 Å². The number of hydrogen-bond donors (Lipinski definition) is 4. The van der Waals surface area contributed by atoms with E-state index in [9.17, 15) is 49.7 Å². The molecule has 0 aliphatic heterocycles. The Hall–Kier alpha value is -3.54. The van der Waals surface area contributed by atoms with Crippen molar-refractivity contribution in [3.8, 4) is 0 Å². The molecule has 0 saturated carbocycles. The van der Waals surface area contributed by atoms with Gasteiger partial charge in [0.25, 0.3) is 0 Å². The fourth-order valence-corrected chi connectivity index (χ4v) is 7.23. The summed E-state index contributed by atoms with van der Waals surface area (Å²) in [6.45, 7) is 2.71. The molecule has 4 N–H and O–H groups in total. The Balaban J connectivity index is 2.42. The number of likely N-dealkylation sites (N-methyl/N-ethyl adjacent to an activating group) is 1. The number of carbonyl (C=O) groups is 1. The number of unbranched alkanes of at least 4 members (excludes halogenated alkanes) is 19. The highest BCUT2D eigenvalue weighted by Crippen LogP contribution is 2.43. The van der Waals surface area contributed by atoms with Crippen LogP contribution < -0.4 is 10.6 Å². The maximum Gasteiger partial charge on any atom is 0.472 e. The number of amides is 1. The van der Waals surface area contributed by atoms with Crippen molar-refractivity contribution in [2.24, 2.45) is 0 Å². The Morgan fingerprint density at radius 1 is 0.767 bits per heavy atom. The summed E-state index contributed by atoms with van der Waals surface area (Å²) in [5.41, 5.74) is -2.95. The zero-order valence-corrected chi connectivity index (χ0v) is 37.5. The van der Waals surface area contributed by atoms with Gasteiger partial charge in [-0.2, -0.15) is 0 Å². The highest BCUT2D eigenvalue weighted by atomic mass is 31.2. The van der Waals surface area contributed by atoms with Gasteiger partial charge in [-0.1, -0.05) is 128 Å². The van der Waals surface area contributed by atoms with Gasteiger partial charge in [0.2, 0.25) is 5.91 Å². The number of hydrogen-bond acceptors (Lipinski definition) is 12. The Labute approximate surface area is 356 Å². The van der Waals surface area contributed by atoms with Crippen molar-refractivity contribution in [1.29, 1.82) is 0 Å². The Kier molecular flexibility index (Phi) is 28.4. The second kappa shape index (κ2) is 31.3. The number of carbonyl (C=O) groups excluding carboxylic acids is 1. The van der Waals surface area contributed by atoms with Crippen molar-refractivity contribution in [2.45, 2.75) is 160 Å². The van der Waals surface area contributed by atoms with E-state index >= 15 is 0 Å². The molecule has 60 heavy (non-hydrogen) atoms. The van der Waals surface area contributed by atoms with Crippen molar-refractivity contribution in [2.75, 3.05) is 52.8 Å². The van der Waals surface area contributed by atoms with E-state index in [1.165, 1.54) is 57.8 Å². The van der Waals surface area contributed by atoms with Crippen LogP contribution in [-0.4, -0.2) is 94.8 Å². The number of phosphoric acid groups is 1. The molecule has 0 heterocycles. The first-order valence-electron chi connectivity index (χ1n) is 21.9. The van der Waals surface area contributed by atoms with Crippen molar-refractivity contribution in [1.82, 2.24) is 5.32 Å². The second-order valence-electron chi connectivity index (χ2n) is 16.5. The Morgan fingerprint density at radius 3 is 1.73 bits per heavy atom. The molecule has 0 aromatic heterocycles. The van der Waals surface area contributed by atoms with E-state index in [1.807, 2.05) is 27.2 Å². The van der Waals surface area contributed by atoms with E-state index < -0.39 is 58.4 Å². The number of aliphatic hydroxyl groups excluding tert-OH is 1. The lowest BCUT2D eigenvalue weighted by Gasteiger charge is -2.25. The molecule has 344 valence electrons. The van der Waals surface area contributed by atoms with Crippen LogP contribution >= 0.6 is 7.82 Å². The van der Waals surface area contributed by atoms with Crippen LogP contribution in [0.5, 0.6) is 0 Å². The molecule has 1 rings (SSSR count). The molecule has 0 aliphatic carbocycles. The normalized spacial score (nSPS) is 13.8. The SMILES string of the molecule is CCCCCCCCCCCCC/C=C/[C@H](O)[C@@H](COP(=O)(O)OCC[N+](C)(C)C)NC(=O)CCCCCCCCCCCNc1cc([N+](=O)[O-])c([N+](=O)[O-])c([N+](=O)[O-])c1. The lowest BCUT2D eigenvalue weighted by molar-refractivity contribution is -0.870. The van der Waals surface area contributed by atoms with E-state index in [0.29, 0.717) is 30.4 Å². The molecule has 0 aliphatic rings. The van der Waals surface area contributed by atoms with Gasteiger partial charge in [0.15, 0.2) is 0 Å². The second-order valence-corrected chi connectivity index (χ2v) is 18.0. The number of allylic oxidation sites excluding steroid dienone is 1. The number of aliphatic hydroxyl groups is 1. The minimum Gasteiger partial charge on any atom is -0.387 e. The van der Waals surface area contributed by atoms with E-state index in [0.717, 1.165) is 76.3 Å². The number of rotatable bonds is 38.